The van der Waals surface area contributed by atoms with Crippen LogP contribution in [0.3, 0.4) is 0 Å². The highest BCUT2D eigenvalue weighted by molar-refractivity contribution is 9.10. The average Bonchev–Trinajstić information content (AvgIpc) is 2.75. The van der Waals surface area contributed by atoms with Gasteiger partial charge in [0.15, 0.2) is 11.5 Å². The van der Waals surface area contributed by atoms with Gasteiger partial charge in [0.2, 0.25) is 0 Å². The molecule has 1 aromatic rings. The van der Waals surface area contributed by atoms with Crippen molar-refractivity contribution in [2.45, 2.75) is 25.7 Å². The Morgan fingerprint density at radius 2 is 2.03 bits per heavy atom. The maximum Gasteiger partial charge on any atom is 0.252 e. The predicted molar refractivity (Wildman–Crippen MR) is 114 cm³/mol. The van der Waals surface area contributed by atoms with Crippen LogP contribution in [0.15, 0.2) is 39.6 Å². The lowest BCUT2D eigenvalue weighted by atomic mass is 9.70. The largest absolute Gasteiger partial charge is 0.503 e. The van der Waals surface area contributed by atoms with E-state index < -0.39 is 11.8 Å². The van der Waals surface area contributed by atoms with Crippen LogP contribution in [0.5, 0.6) is 11.5 Å². The van der Waals surface area contributed by atoms with Crippen molar-refractivity contribution >= 4 is 27.6 Å². The zero-order valence-electron chi connectivity index (χ0n) is 17.0. The average molecular weight is 477 g/mol. The van der Waals surface area contributed by atoms with Crippen molar-refractivity contribution in [1.29, 1.82) is 0 Å². The van der Waals surface area contributed by atoms with Crippen molar-refractivity contribution < 1.29 is 24.2 Å². The van der Waals surface area contributed by atoms with Gasteiger partial charge in [0, 0.05) is 42.4 Å². The molecule has 0 radical (unpaired) electrons. The molecular weight excluding hydrogens is 452 g/mol. The quantitative estimate of drug-likeness (QED) is 0.697. The van der Waals surface area contributed by atoms with Gasteiger partial charge in [-0.1, -0.05) is 6.08 Å². The van der Waals surface area contributed by atoms with E-state index in [1.165, 1.54) is 7.11 Å². The smallest absolute Gasteiger partial charge is 0.252 e. The molecule has 1 aliphatic carbocycles. The summed E-state index contributed by atoms with van der Waals surface area (Å²) in [5.41, 5.74) is 2.92. The van der Waals surface area contributed by atoms with Gasteiger partial charge in [-0.25, -0.2) is 0 Å². The van der Waals surface area contributed by atoms with Crippen LogP contribution in [-0.2, 0) is 14.3 Å². The molecule has 0 bridgehead atoms. The standard InChI is InChI=1S/C22H25BrN2O5/c1-12-18(22(28)25-6-8-30-9-7-25)19(20-15(24-12)4-3-5-16(20)26)13-10-14(23)21(27)17(11-13)29-2/h4,10-11,19-20,24,27H,3,5-9H2,1-2H3. The number of ketones is 1. The molecule has 2 aliphatic heterocycles. The molecule has 8 heteroatoms. The predicted octanol–water partition coefficient (Wildman–Crippen LogP) is 2.85. The number of phenolic OH excluding ortho intramolecular Hbond substituents is 1. The third-order valence-electron chi connectivity index (χ3n) is 5.98. The lowest BCUT2D eigenvalue weighted by Gasteiger charge is -2.40. The molecule has 0 saturated carbocycles. The third kappa shape index (κ3) is 3.63. The van der Waals surface area contributed by atoms with Crippen LogP contribution >= 0.6 is 15.9 Å². The van der Waals surface area contributed by atoms with Gasteiger partial charge in [0.1, 0.15) is 5.78 Å². The van der Waals surface area contributed by atoms with Gasteiger partial charge in [-0.2, -0.15) is 0 Å². The maximum atomic E-state index is 13.6. The van der Waals surface area contributed by atoms with Crippen LogP contribution in [0.1, 0.15) is 31.2 Å². The van der Waals surface area contributed by atoms with Gasteiger partial charge >= 0.3 is 0 Å². The molecule has 0 aromatic heterocycles. The molecule has 2 heterocycles. The second-order valence-corrected chi connectivity index (χ2v) is 8.60. The molecule has 2 atom stereocenters. The lowest BCUT2D eigenvalue weighted by molar-refractivity contribution is -0.132. The van der Waals surface area contributed by atoms with Crippen LogP contribution in [0.25, 0.3) is 0 Å². The fourth-order valence-electron chi connectivity index (χ4n) is 4.52. The lowest BCUT2D eigenvalue weighted by Crippen LogP contribution is -2.47. The highest BCUT2D eigenvalue weighted by Crippen LogP contribution is 2.47. The highest BCUT2D eigenvalue weighted by Gasteiger charge is 2.44. The fourth-order valence-corrected chi connectivity index (χ4v) is 4.98. The first-order chi connectivity index (χ1) is 14.4. The summed E-state index contributed by atoms with van der Waals surface area (Å²) < 4.78 is 11.2. The Balaban J connectivity index is 1.87. The fraction of sp³-hybridized carbons (Fsp3) is 0.455. The molecule has 160 valence electrons. The number of Topliss-reactive ketones (excluding diaryl/α,β-unsaturated/α-hetero) is 1. The summed E-state index contributed by atoms with van der Waals surface area (Å²) in [4.78, 5) is 28.4. The van der Waals surface area contributed by atoms with Crippen LogP contribution < -0.4 is 10.1 Å². The summed E-state index contributed by atoms with van der Waals surface area (Å²) in [7, 11) is 1.48. The van der Waals surface area contributed by atoms with E-state index in [2.05, 4.69) is 21.2 Å². The summed E-state index contributed by atoms with van der Waals surface area (Å²) in [6, 6.07) is 3.49. The van der Waals surface area contributed by atoms with Crippen LogP contribution in [0.4, 0.5) is 0 Å². The Kier molecular flexibility index (Phi) is 5.88. The number of morpholine rings is 1. The number of phenols is 1. The monoisotopic (exact) mass is 476 g/mol. The minimum atomic E-state index is -0.469. The Labute approximate surface area is 183 Å². The van der Waals surface area contributed by atoms with E-state index in [1.54, 1.807) is 17.0 Å². The number of methoxy groups -OCH3 is 1. The number of allylic oxidation sites excluding steroid dienone is 3. The number of halogens is 1. The first kappa shape index (κ1) is 20.9. The number of rotatable bonds is 3. The highest BCUT2D eigenvalue weighted by atomic mass is 79.9. The van der Waals surface area contributed by atoms with Gasteiger partial charge < -0.3 is 24.8 Å². The summed E-state index contributed by atoms with van der Waals surface area (Å²) in [6.07, 6.45) is 3.18. The minimum absolute atomic E-state index is 0.0114. The third-order valence-corrected chi connectivity index (χ3v) is 6.58. The number of benzene rings is 1. The van der Waals surface area contributed by atoms with E-state index in [0.717, 1.165) is 17.0 Å². The number of ether oxygens (including phenoxy) is 2. The maximum absolute atomic E-state index is 13.6. The number of nitrogens with zero attached hydrogens (tertiary/aromatic N) is 1. The summed E-state index contributed by atoms with van der Waals surface area (Å²) >= 11 is 3.38. The zero-order valence-corrected chi connectivity index (χ0v) is 18.6. The van der Waals surface area contributed by atoms with E-state index in [-0.39, 0.29) is 17.4 Å². The molecular formula is C22H25BrN2O5. The van der Waals surface area contributed by atoms with Crippen molar-refractivity contribution in [3.63, 3.8) is 0 Å². The second-order valence-electron chi connectivity index (χ2n) is 7.74. The Morgan fingerprint density at radius 3 is 2.73 bits per heavy atom. The van der Waals surface area contributed by atoms with Crippen LogP contribution in [0, 0.1) is 5.92 Å². The SMILES string of the molecule is COc1cc(C2C(C(=O)N3CCOCC3)=C(C)NC3=CCCC(=O)C32)cc(Br)c1O. The first-order valence-electron chi connectivity index (χ1n) is 10.1. The number of amides is 1. The molecule has 1 aromatic carbocycles. The summed E-state index contributed by atoms with van der Waals surface area (Å²) in [5, 5.41) is 13.6. The van der Waals surface area contributed by atoms with E-state index in [9.17, 15) is 14.7 Å². The molecule has 4 rings (SSSR count). The van der Waals surface area contributed by atoms with Crippen molar-refractivity contribution in [2.24, 2.45) is 5.92 Å². The first-order valence-corrected chi connectivity index (χ1v) is 10.9. The van der Waals surface area contributed by atoms with Gasteiger partial charge in [-0.05, 0) is 47.0 Å². The zero-order chi connectivity index (χ0) is 21.4. The van der Waals surface area contributed by atoms with E-state index >= 15 is 0 Å². The van der Waals surface area contributed by atoms with E-state index in [4.69, 9.17) is 9.47 Å². The summed E-state index contributed by atoms with van der Waals surface area (Å²) in [5.74, 6) is -0.637. The molecule has 1 fully saturated rings. The summed E-state index contributed by atoms with van der Waals surface area (Å²) in [6.45, 7) is 3.92. The minimum Gasteiger partial charge on any atom is -0.503 e. The Hall–Kier alpha value is -2.32. The number of aromatic hydroxyl groups is 1. The molecule has 2 N–H and O–H groups in total. The normalized spacial score (nSPS) is 24.2. The van der Waals surface area contributed by atoms with Crippen molar-refractivity contribution in [1.82, 2.24) is 10.2 Å². The van der Waals surface area contributed by atoms with Crippen molar-refractivity contribution in [2.75, 3.05) is 33.4 Å². The Bertz CT molecular complexity index is 949. The molecule has 0 spiro atoms. The van der Waals surface area contributed by atoms with Gasteiger partial charge in [-0.3, -0.25) is 9.59 Å². The molecule has 3 aliphatic rings. The van der Waals surface area contributed by atoms with Gasteiger partial charge in [-0.15, -0.1) is 0 Å². The van der Waals surface area contributed by atoms with Crippen LogP contribution in [-0.4, -0.2) is 55.1 Å². The topological polar surface area (TPSA) is 88.1 Å². The van der Waals surface area contributed by atoms with Gasteiger partial charge in [0.25, 0.3) is 5.91 Å². The van der Waals surface area contributed by atoms with Crippen molar-refractivity contribution in [3.8, 4) is 11.5 Å². The van der Waals surface area contributed by atoms with Crippen molar-refractivity contribution in [3.05, 3.63) is 45.2 Å². The van der Waals surface area contributed by atoms with E-state index in [0.29, 0.717) is 54.9 Å². The molecule has 7 nitrogen and oxygen atoms in total. The molecule has 1 amide bonds. The number of carbonyl (C=O) groups excluding carboxylic acids is 2. The number of nitrogens with one attached hydrogen (secondary N) is 1. The molecule has 2 unspecified atom stereocenters. The molecule has 1 saturated heterocycles. The number of hydrogen-bond acceptors (Lipinski definition) is 6. The number of fused-ring (bicyclic) bond motifs is 1. The number of carbonyl (C=O) groups is 2. The number of hydrogen-bond donors (Lipinski definition) is 2. The molecule has 30 heavy (non-hydrogen) atoms. The van der Waals surface area contributed by atoms with Crippen LogP contribution in [0.2, 0.25) is 0 Å². The Morgan fingerprint density at radius 1 is 1.30 bits per heavy atom. The second kappa shape index (κ2) is 8.43. The van der Waals surface area contributed by atoms with Gasteiger partial charge in [0.05, 0.1) is 30.7 Å². The van der Waals surface area contributed by atoms with E-state index in [1.807, 2.05) is 13.0 Å².